The van der Waals surface area contributed by atoms with Crippen LogP contribution in [0.25, 0.3) is 6.08 Å². The van der Waals surface area contributed by atoms with Gasteiger partial charge in [0.15, 0.2) is 18.1 Å². The van der Waals surface area contributed by atoms with Crippen LogP contribution in [0.5, 0.6) is 11.5 Å². The summed E-state index contributed by atoms with van der Waals surface area (Å²) in [6, 6.07) is 5.35. The van der Waals surface area contributed by atoms with Crippen molar-refractivity contribution in [2.24, 2.45) is 0 Å². The number of nitrogens with zero attached hydrogens (tertiary/aromatic N) is 1. The molecule has 1 saturated heterocycles. The second-order valence-corrected chi connectivity index (χ2v) is 5.11. The lowest BCUT2D eigenvalue weighted by Gasteiger charge is -2.14. The maximum Gasteiger partial charge on any atom is 0.331 e. The standard InChI is InChI=1S/C17H21NO5/c1-21-14-7-5-6-13(17(14)22-2)8-9-16(20)23-12-15(19)18-10-3-4-11-18/h5-9H,3-4,10-12H2,1-2H3/b9-8+. The lowest BCUT2D eigenvalue weighted by molar-refractivity contribution is -0.147. The van der Waals surface area contributed by atoms with Crippen molar-refractivity contribution in [2.45, 2.75) is 12.8 Å². The van der Waals surface area contributed by atoms with Crippen LogP contribution in [0.1, 0.15) is 18.4 Å². The highest BCUT2D eigenvalue weighted by atomic mass is 16.5. The number of hydrogen-bond acceptors (Lipinski definition) is 5. The van der Waals surface area contributed by atoms with E-state index < -0.39 is 5.97 Å². The molecule has 1 aliphatic heterocycles. The van der Waals surface area contributed by atoms with Crippen molar-refractivity contribution in [1.29, 1.82) is 0 Å². The molecule has 0 saturated carbocycles. The summed E-state index contributed by atoms with van der Waals surface area (Å²) in [7, 11) is 3.08. The number of esters is 1. The normalized spacial score (nSPS) is 14.1. The summed E-state index contributed by atoms with van der Waals surface area (Å²) in [5.74, 6) is 0.394. The van der Waals surface area contributed by atoms with Crippen LogP contribution in [0.15, 0.2) is 24.3 Å². The molecule has 1 aromatic carbocycles. The first kappa shape index (κ1) is 16.9. The average Bonchev–Trinajstić information content (AvgIpc) is 3.11. The fraction of sp³-hybridized carbons (Fsp3) is 0.412. The number of benzene rings is 1. The van der Waals surface area contributed by atoms with Gasteiger partial charge in [0.2, 0.25) is 0 Å². The molecule has 0 atom stereocenters. The zero-order valence-electron chi connectivity index (χ0n) is 13.4. The summed E-state index contributed by atoms with van der Waals surface area (Å²) in [6.45, 7) is 1.26. The van der Waals surface area contributed by atoms with Crippen LogP contribution in [0.4, 0.5) is 0 Å². The third kappa shape index (κ3) is 4.48. The predicted molar refractivity (Wildman–Crippen MR) is 85.4 cm³/mol. The molecular formula is C17H21NO5. The van der Waals surface area contributed by atoms with Crippen LogP contribution >= 0.6 is 0 Å². The van der Waals surface area contributed by atoms with Gasteiger partial charge in [-0.1, -0.05) is 12.1 Å². The van der Waals surface area contributed by atoms with Gasteiger partial charge in [-0.3, -0.25) is 4.79 Å². The second-order valence-electron chi connectivity index (χ2n) is 5.11. The Morgan fingerprint density at radius 3 is 2.57 bits per heavy atom. The Bertz CT molecular complexity index is 591. The van der Waals surface area contributed by atoms with Crippen molar-refractivity contribution in [2.75, 3.05) is 33.9 Å². The van der Waals surface area contributed by atoms with Crippen molar-refractivity contribution in [3.05, 3.63) is 29.8 Å². The summed E-state index contributed by atoms with van der Waals surface area (Å²) in [4.78, 5) is 25.2. The Hall–Kier alpha value is -2.50. The molecule has 2 rings (SSSR count). The molecular weight excluding hydrogens is 298 g/mol. The summed E-state index contributed by atoms with van der Waals surface area (Å²) < 4.78 is 15.4. The van der Waals surface area contributed by atoms with Gasteiger partial charge in [0.05, 0.1) is 14.2 Å². The van der Waals surface area contributed by atoms with Gasteiger partial charge in [-0.2, -0.15) is 0 Å². The Kier molecular flexibility index (Phi) is 6.02. The van der Waals surface area contributed by atoms with Crippen molar-refractivity contribution >= 4 is 18.0 Å². The van der Waals surface area contributed by atoms with Crippen LogP contribution in [0.3, 0.4) is 0 Å². The number of carbonyl (C=O) groups is 2. The first-order chi connectivity index (χ1) is 11.2. The molecule has 1 fully saturated rings. The van der Waals surface area contributed by atoms with Crippen LogP contribution in [-0.4, -0.2) is 50.7 Å². The van der Waals surface area contributed by atoms with E-state index in [2.05, 4.69) is 0 Å². The molecule has 0 N–H and O–H groups in total. The minimum atomic E-state index is -0.567. The number of methoxy groups -OCH3 is 2. The molecule has 23 heavy (non-hydrogen) atoms. The molecule has 6 nitrogen and oxygen atoms in total. The van der Waals surface area contributed by atoms with E-state index in [1.165, 1.54) is 13.2 Å². The van der Waals surface area contributed by atoms with Crippen molar-refractivity contribution in [1.82, 2.24) is 4.90 Å². The number of amides is 1. The van der Waals surface area contributed by atoms with E-state index >= 15 is 0 Å². The van der Waals surface area contributed by atoms with Gasteiger partial charge in [0.25, 0.3) is 5.91 Å². The number of hydrogen-bond donors (Lipinski definition) is 0. The fourth-order valence-electron chi connectivity index (χ4n) is 2.44. The first-order valence-corrected chi connectivity index (χ1v) is 7.49. The zero-order chi connectivity index (χ0) is 16.7. The summed E-state index contributed by atoms with van der Waals surface area (Å²) in [5, 5.41) is 0. The number of carbonyl (C=O) groups excluding carboxylic acids is 2. The largest absolute Gasteiger partial charge is 0.493 e. The van der Waals surface area contributed by atoms with Crippen molar-refractivity contribution in [3.63, 3.8) is 0 Å². The van der Waals surface area contributed by atoms with E-state index in [0.29, 0.717) is 17.1 Å². The molecule has 6 heteroatoms. The number of rotatable bonds is 6. The first-order valence-electron chi connectivity index (χ1n) is 7.49. The zero-order valence-corrected chi connectivity index (χ0v) is 13.4. The molecule has 0 radical (unpaired) electrons. The highest BCUT2D eigenvalue weighted by Gasteiger charge is 2.18. The molecule has 0 aliphatic carbocycles. The van der Waals surface area contributed by atoms with Crippen molar-refractivity contribution in [3.8, 4) is 11.5 Å². The quantitative estimate of drug-likeness (QED) is 0.592. The second kappa shape index (κ2) is 8.22. The molecule has 1 aromatic rings. The van der Waals surface area contributed by atoms with Gasteiger partial charge in [-0.15, -0.1) is 0 Å². The smallest absolute Gasteiger partial charge is 0.331 e. The Morgan fingerprint density at radius 2 is 1.91 bits per heavy atom. The van der Waals surface area contributed by atoms with E-state index in [1.807, 2.05) is 0 Å². The fourth-order valence-corrected chi connectivity index (χ4v) is 2.44. The van der Waals surface area contributed by atoms with Crippen LogP contribution < -0.4 is 9.47 Å². The SMILES string of the molecule is COc1cccc(/C=C/C(=O)OCC(=O)N2CCCC2)c1OC. The van der Waals surface area contributed by atoms with Crippen molar-refractivity contribution < 1.29 is 23.8 Å². The molecule has 0 spiro atoms. The summed E-state index contributed by atoms with van der Waals surface area (Å²) >= 11 is 0. The number of ether oxygens (including phenoxy) is 3. The Labute approximate surface area is 135 Å². The maximum absolute atomic E-state index is 11.8. The monoisotopic (exact) mass is 319 g/mol. The minimum Gasteiger partial charge on any atom is -0.493 e. The number of likely N-dealkylation sites (tertiary alicyclic amines) is 1. The molecule has 1 aliphatic rings. The Balaban J connectivity index is 1.92. The van der Waals surface area contributed by atoms with E-state index in [-0.39, 0.29) is 12.5 Å². The number of para-hydroxylation sites is 1. The lowest BCUT2D eigenvalue weighted by Crippen LogP contribution is -2.31. The lowest BCUT2D eigenvalue weighted by atomic mass is 10.1. The van der Waals surface area contributed by atoms with E-state index in [9.17, 15) is 9.59 Å². The van der Waals surface area contributed by atoms with Gasteiger partial charge in [0.1, 0.15) is 0 Å². The third-order valence-electron chi connectivity index (χ3n) is 3.63. The topological polar surface area (TPSA) is 65.1 Å². The minimum absolute atomic E-state index is 0.150. The summed E-state index contributed by atoms with van der Waals surface area (Å²) in [5.41, 5.74) is 0.690. The van der Waals surface area contributed by atoms with E-state index in [4.69, 9.17) is 14.2 Å². The van der Waals surface area contributed by atoms with Crippen LogP contribution in [-0.2, 0) is 14.3 Å². The predicted octanol–water partition coefficient (Wildman–Crippen LogP) is 1.88. The Morgan fingerprint density at radius 1 is 1.17 bits per heavy atom. The molecule has 124 valence electrons. The highest BCUT2D eigenvalue weighted by molar-refractivity contribution is 5.90. The molecule has 1 heterocycles. The summed E-state index contributed by atoms with van der Waals surface area (Å²) in [6.07, 6.45) is 4.86. The maximum atomic E-state index is 11.8. The van der Waals surface area contributed by atoms with Gasteiger partial charge in [-0.05, 0) is 25.0 Å². The highest BCUT2D eigenvalue weighted by Crippen LogP contribution is 2.31. The molecule has 0 bridgehead atoms. The van der Waals surface area contributed by atoms with Crippen LogP contribution in [0, 0.1) is 0 Å². The van der Waals surface area contributed by atoms with Gasteiger partial charge >= 0.3 is 5.97 Å². The average molecular weight is 319 g/mol. The van der Waals surface area contributed by atoms with Gasteiger partial charge in [0, 0.05) is 24.7 Å². The van der Waals surface area contributed by atoms with Gasteiger partial charge < -0.3 is 19.1 Å². The van der Waals surface area contributed by atoms with Crippen LogP contribution in [0.2, 0.25) is 0 Å². The molecule has 0 aromatic heterocycles. The molecule has 0 unspecified atom stereocenters. The van der Waals surface area contributed by atoms with Gasteiger partial charge in [-0.25, -0.2) is 4.79 Å². The third-order valence-corrected chi connectivity index (χ3v) is 3.63. The van der Waals surface area contributed by atoms with E-state index in [1.54, 1.807) is 36.3 Å². The van der Waals surface area contributed by atoms with E-state index in [0.717, 1.165) is 25.9 Å². The molecule has 1 amide bonds.